The van der Waals surface area contributed by atoms with Gasteiger partial charge in [-0.2, -0.15) is 0 Å². The Morgan fingerprint density at radius 3 is 2.52 bits per heavy atom. The van der Waals surface area contributed by atoms with E-state index in [2.05, 4.69) is 21.7 Å². The van der Waals surface area contributed by atoms with Crippen LogP contribution in [0.3, 0.4) is 0 Å². The number of rotatable bonds is 6. The number of nitrogens with zero attached hydrogens (tertiary/aromatic N) is 5. The first-order valence-electron chi connectivity index (χ1n) is 7.30. The van der Waals surface area contributed by atoms with Crippen LogP contribution >= 0.6 is 0 Å². The highest BCUT2D eigenvalue weighted by Gasteiger charge is 2.23. The summed E-state index contributed by atoms with van der Waals surface area (Å²) in [7, 11) is 0. The lowest BCUT2D eigenvalue weighted by Gasteiger charge is -2.34. The van der Waals surface area contributed by atoms with Crippen LogP contribution < -0.4 is 0 Å². The molecule has 2 heterocycles. The van der Waals surface area contributed by atoms with E-state index < -0.39 is 11.0 Å². The van der Waals surface area contributed by atoms with Crippen LogP contribution in [0.25, 0.3) is 0 Å². The van der Waals surface area contributed by atoms with Crippen LogP contribution in [-0.2, 0) is 6.54 Å². The molecule has 0 aromatic carbocycles. The molecule has 0 aliphatic carbocycles. The summed E-state index contributed by atoms with van der Waals surface area (Å²) in [5.41, 5.74) is 0. The lowest BCUT2D eigenvalue weighted by atomic mass is 10.2. The van der Waals surface area contributed by atoms with E-state index in [0.717, 1.165) is 32.7 Å². The third-order valence-corrected chi connectivity index (χ3v) is 4.00. The number of piperazine rings is 1. The molecule has 0 saturated carbocycles. The Bertz CT molecular complexity index is 482. The van der Waals surface area contributed by atoms with Gasteiger partial charge in [0.05, 0.1) is 0 Å². The summed E-state index contributed by atoms with van der Waals surface area (Å²) in [6.07, 6.45) is 0.604. The fourth-order valence-corrected chi connectivity index (χ4v) is 2.68. The summed E-state index contributed by atoms with van der Waals surface area (Å²) >= 11 is 0. The number of aliphatic hydroxyl groups excluding tert-OH is 1. The van der Waals surface area contributed by atoms with Gasteiger partial charge in [-0.05, 0) is 11.5 Å². The zero-order chi connectivity index (χ0) is 15.4. The van der Waals surface area contributed by atoms with Crippen molar-refractivity contribution in [1.82, 2.24) is 19.4 Å². The normalized spacial score (nSPS) is 18.8. The monoisotopic (exact) mass is 297 g/mol. The smallest absolute Gasteiger partial charge is 0.342 e. The van der Waals surface area contributed by atoms with Crippen molar-refractivity contribution in [2.75, 3.05) is 39.3 Å². The highest BCUT2D eigenvalue weighted by Crippen LogP contribution is 2.14. The van der Waals surface area contributed by atoms with E-state index in [0.29, 0.717) is 12.4 Å². The number of likely N-dealkylation sites (N-methyl/N-ethyl adjacent to an activating group) is 1. The summed E-state index contributed by atoms with van der Waals surface area (Å²) < 4.78 is 1.47. The van der Waals surface area contributed by atoms with Crippen molar-refractivity contribution in [3.05, 3.63) is 22.1 Å². The van der Waals surface area contributed by atoms with Gasteiger partial charge >= 0.3 is 5.82 Å². The molecule has 1 aliphatic rings. The number of nitro groups is 1. The fourth-order valence-electron chi connectivity index (χ4n) is 2.68. The molecule has 1 atom stereocenters. The average molecular weight is 297 g/mol. The van der Waals surface area contributed by atoms with E-state index in [1.165, 1.54) is 10.8 Å². The van der Waals surface area contributed by atoms with E-state index in [1.807, 2.05) is 0 Å². The fraction of sp³-hybridized carbons (Fsp3) is 0.769. The van der Waals surface area contributed by atoms with Gasteiger partial charge in [0.15, 0.2) is 5.82 Å². The van der Waals surface area contributed by atoms with E-state index in [4.69, 9.17) is 0 Å². The van der Waals surface area contributed by atoms with Gasteiger partial charge in [-0.3, -0.25) is 4.90 Å². The Labute approximate surface area is 124 Å². The minimum absolute atomic E-state index is 0.0673. The molecule has 0 radical (unpaired) electrons. The molecule has 1 saturated heterocycles. The van der Waals surface area contributed by atoms with Gasteiger partial charge in [0.1, 0.15) is 18.8 Å². The highest BCUT2D eigenvalue weighted by atomic mass is 16.6. The molecule has 1 aromatic rings. The molecule has 0 amide bonds. The van der Waals surface area contributed by atoms with Crippen molar-refractivity contribution in [1.29, 1.82) is 0 Å². The van der Waals surface area contributed by atoms with Crippen LogP contribution in [-0.4, -0.2) is 74.8 Å². The van der Waals surface area contributed by atoms with Gasteiger partial charge in [-0.15, -0.1) is 0 Å². The van der Waals surface area contributed by atoms with E-state index >= 15 is 0 Å². The molecule has 1 fully saturated rings. The Morgan fingerprint density at radius 2 is 1.95 bits per heavy atom. The quantitative estimate of drug-likeness (QED) is 0.592. The summed E-state index contributed by atoms with van der Waals surface area (Å²) in [4.78, 5) is 19.0. The van der Waals surface area contributed by atoms with Gasteiger partial charge in [0.2, 0.25) is 0 Å². The second-order valence-corrected chi connectivity index (χ2v) is 5.42. The molecule has 8 nitrogen and oxygen atoms in total. The van der Waals surface area contributed by atoms with Gasteiger partial charge in [0.25, 0.3) is 0 Å². The van der Waals surface area contributed by atoms with E-state index in [-0.39, 0.29) is 12.4 Å². The molecular formula is C13H23N5O3. The van der Waals surface area contributed by atoms with Crippen LogP contribution in [0.4, 0.5) is 5.82 Å². The zero-order valence-electron chi connectivity index (χ0n) is 12.6. The first-order chi connectivity index (χ1) is 10.0. The van der Waals surface area contributed by atoms with E-state index in [9.17, 15) is 15.2 Å². The largest absolute Gasteiger partial charge is 0.388 e. The maximum absolute atomic E-state index is 10.9. The molecule has 0 bridgehead atoms. The summed E-state index contributed by atoms with van der Waals surface area (Å²) in [6, 6.07) is 0. The first-order valence-corrected chi connectivity index (χ1v) is 7.30. The maximum Gasteiger partial charge on any atom is 0.342 e. The van der Waals surface area contributed by atoms with Gasteiger partial charge in [-0.1, -0.05) is 6.92 Å². The third-order valence-electron chi connectivity index (χ3n) is 4.00. The summed E-state index contributed by atoms with van der Waals surface area (Å²) in [6.45, 7) is 9.51. The Hall–Kier alpha value is -1.51. The minimum Gasteiger partial charge on any atom is -0.388 e. The average Bonchev–Trinajstić information content (AvgIpc) is 2.81. The molecule has 1 unspecified atom stereocenters. The van der Waals surface area contributed by atoms with Crippen molar-refractivity contribution in [3.8, 4) is 0 Å². The van der Waals surface area contributed by atoms with Crippen molar-refractivity contribution >= 4 is 5.82 Å². The summed E-state index contributed by atoms with van der Waals surface area (Å²) in [5, 5.41) is 21.1. The minimum atomic E-state index is -0.634. The molecule has 1 aromatic heterocycles. The molecule has 1 aliphatic heterocycles. The molecular weight excluding hydrogens is 274 g/mol. The zero-order valence-corrected chi connectivity index (χ0v) is 12.6. The van der Waals surface area contributed by atoms with Crippen molar-refractivity contribution < 1.29 is 10.0 Å². The Morgan fingerprint density at radius 1 is 1.33 bits per heavy atom. The van der Waals surface area contributed by atoms with Gasteiger partial charge < -0.3 is 20.1 Å². The topological polar surface area (TPSA) is 87.7 Å². The number of aryl methyl sites for hydroxylation is 1. The predicted molar refractivity (Wildman–Crippen MR) is 78.2 cm³/mol. The molecule has 0 spiro atoms. The standard InChI is InChI=1S/C13H23N5O3/c1-3-15-4-6-16(7-5-15)9-12(19)10-17-11(2)14-8-13(17)18(20)21/h8,12,19H,3-7,9-10H2,1-2H3. The number of hydrogen-bond acceptors (Lipinski definition) is 6. The SMILES string of the molecule is CCN1CCN(CC(O)Cn2c([N+](=O)[O-])cnc2C)CC1. The number of hydrogen-bond donors (Lipinski definition) is 1. The van der Waals surface area contributed by atoms with Crippen LogP contribution in [0.5, 0.6) is 0 Å². The number of aromatic nitrogens is 2. The molecule has 118 valence electrons. The Balaban J connectivity index is 1.89. The second kappa shape index (κ2) is 6.97. The molecule has 8 heteroatoms. The number of β-amino-alcohol motifs (C(OH)–C–C–N with tert-alkyl or cyclic N) is 1. The van der Waals surface area contributed by atoms with Crippen LogP contribution in [0.2, 0.25) is 0 Å². The van der Waals surface area contributed by atoms with Crippen molar-refractivity contribution in [2.24, 2.45) is 0 Å². The van der Waals surface area contributed by atoms with Gasteiger partial charge in [0, 0.05) is 39.6 Å². The first kappa shape index (κ1) is 15.9. The molecule has 2 rings (SSSR count). The lowest BCUT2D eigenvalue weighted by molar-refractivity contribution is -0.392. The maximum atomic E-state index is 10.9. The van der Waals surface area contributed by atoms with Crippen LogP contribution in [0.15, 0.2) is 6.20 Å². The summed E-state index contributed by atoms with van der Waals surface area (Å²) in [5.74, 6) is 0.485. The van der Waals surface area contributed by atoms with Crippen molar-refractivity contribution in [3.63, 3.8) is 0 Å². The number of aliphatic hydroxyl groups is 1. The highest BCUT2D eigenvalue weighted by molar-refractivity contribution is 5.18. The Kier molecular flexibility index (Phi) is 5.27. The predicted octanol–water partition coefficient (Wildman–Crippen LogP) is 0.0981. The molecule has 21 heavy (non-hydrogen) atoms. The van der Waals surface area contributed by atoms with Crippen molar-refractivity contribution in [2.45, 2.75) is 26.5 Å². The lowest BCUT2D eigenvalue weighted by Crippen LogP contribution is -2.48. The third kappa shape index (κ3) is 3.99. The molecule has 1 N–H and O–H groups in total. The van der Waals surface area contributed by atoms with Crippen LogP contribution in [0.1, 0.15) is 12.7 Å². The van der Waals surface area contributed by atoms with E-state index in [1.54, 1.807) is 6.92 Å². The number of imidazole rings is 1. The van der Waals surface area contributed by atoms with Crippen LogP contribution in [0, 0.1) is 17.0 Å². The van der Waals surface area contributed by atoms with Gasteiger partial charge in [-0.25, -0.2) is 9.55 Å². The second-order valence-electron chi connectivity index (χ2n) is 5.42.